The van der Waals surface area contributed by atoms with Crippen LogP contribution in [0.1, 0.15) is 24.8 Å². The molecule has 0 amide bonds. The van der Waals surface area contributed by atoms with Gasteiger partial charge in [-0.25, -0.2) is 8.42 Å². The van der Waals surface area contributed by atoms with Crippen LogP contribution in [0.3, 0.4) is 0 Å². The molecule has 0 spiro atoms. The van der Waals surface area contributed by atoms with Crippen LogP contribution >= 0.6 is 0 Å². The lowest BCUT2D eigenvalue weighted by Gasteiger charge is -2.28. The molecule has 0 bridgehead atoms. The lowest BCUT2D eigenvalue weighted by atomic mass is 10.1. The van der Waals surface area contributed by atoms with E-state index >= 15 is 0 Å². The summed E-state index contributed by atoms with van der Waals surface area (Å²) in [5, 5.41) is 19.5. The highest BCUT2D eigenvalue weighted by Crippen LogP contribution is 2.21. The maximum Gasteiger partial charge on any atom is 0.303 e. The smallest absolute Gasteiger partial charge is 0.303 e. The number of nitrogens with zero attached hydrogens (tertiary/aromatic N) is 2. The van der Waals surface area contributed by atoms with E-state index in [2.05, 4.69) is 0 Å². The molecule has 1 aliphatic heterocycles. The second kappa shape index (κ2) is 7.71. The van der Waals surface area contributed by atoms with Crippen LogP contribution in [0.4, 0.5) is 5.69 Å². The molecule has 1 aromatic carbocycles. The van der Waals surface area contributed by atoms with Crippen LogP contribution in [0.25, 0.3) is 0 Å². The molecule has 1 fully saturated rings. The van der Waals surface area contributed by atoms with E-state index in [1.807, 2.05) is 4.90 Å². The predicted octanol–water partition coefficient (Wildman–Crippen LogP) is 1.45. The number of nitro groups is 1. The summed E-state index contributed by atoms with van der Waals surface area (Å²) in [6.45, 7) is 0.918. The molecule has 1 atom stereocenters. The Morgan fingerprint density at radius 2 is 2.00 bits per heavy atom. The zero-order chi connectivity index (χ0) is 17.7. The van der Waals surface area contributed by atoms with Gasteiger partial charge in [0.2, 0.25) is 0 Å². The first-order valence-electron chi connectivity index (χ1n) is 7.66. The molecule has 24 heavy (non-hydrogen) atoms. The zero-order valence-corrected chi connectivity index (χ0v) is 13.9. The van der Waals surface area contributed by atoms with Crippen LogP contribution in [0.2, 0.25) is 0 Å². The monoisotopic (exact) mass is 356 g/mol. The van der Waals surface area contributed by atoms with Crippen LogP contribution in [-0.4, -0.2) is 53.4 Å². The van der Waals surface area contributed by atoms with E-state index in [-0.39, 0.29) is 29.7 Å². The third-order valence-electron chi connectivity index (χ3n) is 4.09. The number of non-ortho nitro benzene ring substituents is 1. The summed E-state index contributed by atoms with van der Waals surface area (Å²) in [7, 11) is -3.04. The minimum atomic E-state index is -3.04. The molecule has 1 aliphatic rings. The third kappa shape index (κ3) is 5.27. The van der Waals surface area contributed by atoms with Gasteiger partial charge in [0.15, 0.2) is 9.84 Å². The van der Waals surface area contributed by atoms with Gasteiger partial charge in [-0.05, 0) is 24.9 Å². The lowest BCUT2D eigenvalue weighted by Crippen LogP contribution is -2.36. The highest BCUT2D eigenvalue weighted by Gasteiger charge is 2.32. The number of nitro benzene ring substituents is 1. The van der Waals surface area contributed by atoms with Crippen molar-refractivity contribution in [3.8, 4) is 0 Å². The summed E-state index contributed by atoms with van der Waals surface area (Å²) in [4.78, 5) is 22.9. The Morgan fingerprint density at radius 3 is 2.50 bits per heavy atom. The van der Waals surface area contributed by atoms with E-state index in [0.29, 0.717) is 25.9 Å². The molecule has 0 saturated carbocycles. The van der Waals surface area contributed by atoms with Crippen molar-refractivity contribution >= 4 is 21.5 Å². The van der Waals surface area contributed by atoms with Crippen molar-refractivity contribution < 1.29 is 23.2 Å². The van der Waals surface area contributed by atoms with E-state index in [1.54, 1.807) is 12.1 Å². The van der Waals surface area contributed by atoms with Gasteiger partial charge >= 0.3 is 5.97 Å². The predicted molar refractivity (Wildman–Crippen MR) is 87.4 cm³/mol. The van der Waals surface area contributed by atoms with E-state index in [9.17, 15) is 23.3 Å². The molecular weight excluding hydrogens is 336 g/mol. The van der Waals surface area contributed by atoms with Gasteiger partial charge in [0.1, 0.15) is 0 Å². The zero-order valence-electron chi connectivity index (χ0n) is 13.1. The Morgan fingerprint density at radius 1 is 1.33 bits per heavy atom. The minimum absolute atomic E-state index is 0.000351. The Kier molecular flexibility index (Phi) is 5.89. The number of benzene rings is 1. The summed E-state index contributed by atoms with van der Waals surface area (Å²) in [6.07, 6.45) is 0.984. The molecule has 9 heteroatoms. The largest absolute Gasteiger partial charge is 0.481 e. The van der Waals surface area contributed by atoms with Crippen molar-refractivity contribution in [3.63, 3.8) is 0 Å². The topological polar surface area (TPSA) is 118 Å². The van der Waals surface area contributed by atoms with Crippen molar-refractivity contribution in [2.45, 2.75) is 31.8 Å². The number of carboxylic acids is 1. The maximum atomic E-state index is 11.7. The van der Waals surface area contributed by atoms with Gasteiger partial charge in [-0.15, -0.1) is 0 Å². The van der Waals surface area contributed by atoms with Gasteiger partial charge in [-0.3, -0.25) is 19.8 Å². The average Bonchev–Trinajstić information content (AvgIpc) is 2.86. The van der Waals surface area contributed by atoms with Crippen molar-refractivity contribution in [2.24, 2.45) is 0 Å². The number of sulfone groups is 1. The molecule has 1 N–H and O–H groups in total. The number of hydrogen-bond acceptors (Lipinski definition) is 6. The summed E-state index contributed by atoms with van der Waals surface area (Å²) < 4.78 is 23.4. The standard InChI is InChI=1S/C15H20N2O6S/c18-15(19)2-1-8-16(14-7-9-24(22,23)11-14)10-12-3-5-13(6-4-12)17(20)21/h3-6,14H,1-2,7-11H2,(H,18,19)/t14-/m0/s1. The first kappa shape index (κ1) is 18.3. The first-order chi connectivity index (χ1) is 11.3. The van der Waals surface area contributed by atoms with E-state index in [0.717, 1.165) is 5.56 Å². The van der Waals surface area contributed by atoms with Crippen LogP contribution in [0, 0.1) is 10.1 Å². The second-order valence-corrected chi connectivity index (χ2v) is 8.18. The van der Waals surface area contributed by atoms with E-state index < -0.39 is 20.7 Å². The highest BCUT2D eigenvalue weighted by molar-refractivity contribution is 7.91. The average molecular weight is 356 g/mol. The fourth-order valence-electron chi connectivity index (χ4n) is 2.85. The van der Waals surface area contributed by atoms with Crippen molar-refractivity contribution in [2.75, 3.05) is 18.1 Å². The highest BCUT2D eigenvalue weighted by atomic mass is 32.2. The molecule has 0 aliphatic carbocycles. The Labute approximate surface area is 140 Å². The summed E-state index contributed by atoms with van der Waals surface area (Å²) >= 11 is 0. The molecule has 8 nitrogen and oxygen atoms in total. The molecule has 0 unspecified atom stereocenters. The Bertz CT molecular complexity index is 701. The second-order valence-electron chi connectivity index (χ2n) is 5.95. The van der Waals surface area contributed by atoms with E-state index in [1.165, 1.54) is 12.1 Å². The number of aliphatic carboxylic acids is 1. The van der Waals surface area contributed by atoms with Crippen molar-refractivity contribution in [1.82, 2.24) is 4.90 Å². The Balaban J connectivity index is 2.06. The van der Waals surface area contributed by atoms with Gasteiger partial charge in [-0.2, -0.15) is 0 Å². The van der Waals surface area contributed by atoms with Crippen LogP contribution in [0.15, 0.2) is 24.3 Å². The maximum absolute atomic E-state index is 11.7. The van der Waals surface area contributed by atoms with Crippen LogP contribution in [-0.2, 0) is 21.2 Å². The van der Waals surface area contributed by atoms with Gasteiger partial charge in [0.05, 0.1) is 16.4 Å². The molecule has 0 radical (unpaired) electrons. The number of carboxylic acid groups (broad SMARTS) is 1. The van der Waals surface area contributed by atoms with Gasteiger partial charge in [0, 0.05) is 31.1 Å². The van der Waals surface area contributed by atoms with Gasteiger partial charge in [-0.1, -0.05) is 12.1 Å². The number of rotatable bonds is 8. The first-order valence-corrected chi connectivity index (χ1v) is 9.48. The normalized spacial score (nSPS) is 19.5. The number of carbonyl (C=O) groups is 1. The van der Waals surface area contributed by atoms with Gasteiger partial charge in [0.25, 0.3) is 5.69 Å². The number of hydrogen-bond donors (Lipinski definition) is 1. The van der Waals surface area contributed by atoms with Gasteiger partial charge < -0.3 is 5.11 Å². The molecule has 1 aromatic rings. The molecule has 0 aromatic heterocycles. The van der Waals surface area contributed by atoms with E-state index in [4.69, 9.17) is 5.11 Å². The molecule has 1 heterocycles. The fourth-order valence-corrected chi connectivity index (χ4v) is 4.61. The Hall–Kier alpha value is -2.00. The molecular formula is C15H20N2O6S. The fraction of sp³-hybridized carbons (Fsp3) is 0.533. The van der Waals surface area contributed by atoms with Crippen LogP contribution < -0.4 is 0 Å². The lowest BCUT2D eigenvalue weighted by molar-refractivity contribution is -0.384. The van der Waals surface area contributed by atoms with Crippen molar-refractivity contribution in [3.05, 3.63) is 39.9 Å². The summed E-state index contributed by atoms with van der Waals surface area (Å²) in [5.41, 5.74) is 0.833. The third-order valence-corrected chi connectivity index (χ3v) is 5.84. The summed E-state index contributed by atoms with van der Waals surface area (Å²) in [6, 6.07) is 5.98. The molecule has 132 valence electrons. The summed E-state index contributed by atoms with van der Waals surface area (Å²) in [5.74, 6) is -0.662. The van der Waals surface area contributed by atoms with Crippen LogP contribution in [0.5, 0.6) is 0 Å². The SMILES string of the molecule is O=C(O)CCCN(Cc1ccc([N+](=O)[O-])cc1)[C@H]1CCS(=O)(=O)C1. The van der Waals surface area contributed by atoms with Crippen molar-refractivity contribution in [1.29, 1.82) is 0 Å². The molecule has 2 rings (SSSR count). The molecule has 1 saturated heterocycles. The quantitative estimate of drug-likeness (QED) is 0.553. The minimum Gasteiger partial charge on any atom is -0.481 e.